The van der Waals surface area contributed by atoms with Crippen LogP contribution in [-0.4, -0.2) is 37.1 Å². The highest BCUT2D eigenvalue weighted by Gasteiger charge is 2.26. The molecular formula is C14H20N2. The molecule has 0 bridgehead atoms. The summed E-state index contributed by atoms with van der Waals surface area (Å²) in [4.78, 5) is 2.68. The van der Waals surface area contributed by atoms with E-state index in [1.165, 1.54) is 38.9 Å². The molecule has 2 nitrogen and oxygen atoms in total. The van der Waals surface area contributed by atoms with Crippen LogP contribution in [0, 0.1) is 0 Å². The fourth-order valence-electron chi connectivity index (χ4n) is 3.03. The average Bonchev–Trinajstić information content (AvgIpc) is 2.56. The Morgan fingerprint density at radius 1 is 1.00 bits per heavy atom. The lowest BCUT2D eigenvalue weighted by atomic mass is 10.1. The summed E-state index contributed by atoms with van der Waals surface area (Å²) in [5.41, 5.74) is 3.15. The van der Waals surface area contributed by atoms with Crippen LogP contribution in [0.1, 0.15) is 17.5 Å². The van der Waals surface area contributed by atoms with E-state index in [4.69, 9.17) is 0 Å². The molecule has 0 saturated carbocycles. The highest BCUT2D eigenvalue weighted by molar-refractivity contribution is 5.33. The fraction of sp³-hybridized carbons (Fsp3) is 0.571. The molecular weight excluding hydrogens is 196 g/mol. The number of hydrogen-bond acceptors (Lipinski definition) is 2. The Labute approximate surface area is 97.6 Å². The fourth-order valence-corrected chi connectivity index (χ4v) is 3.03. The maximum Gasteiger partial charge on any atom is 0.0177 e. The van der Waals surface area contributed by atoms with Crippen LogP contribution in [0.5, 0.6) is 0 Å². The smallest absolute Gasteiger partial charge is 0.0177 e. The lowest BCUT2D eigenvalue weighted by molar-refractivity contribution is 0.215. The molecule has 3 rings (SSSR count). The van der Waals surface area contributed by atoms with Crippen molar-refractivity contribution in [3.8, 4) is 0 Å². The third-order valence-corrected chi connectivity index (χ3v) is 3.92. The van der Waals surface area contributed by atoms with Gasteiger partial charge in [0.2, 0.25) is 0 Å². The van der Waals surface area contributed by atoms with Crippen LogP contribution < -0.4 is 5.32 Å². The molecule has 1 saturated heterocycles. The third-order valence-electron chi connectivity index (χ3n) is 3.92. The van der Waals surface area contributed by atoms with E-state index in [0.717, 1.165) is 12.6 Å². The Kier molecular flexibility index (Phi) is 2.94. The van der Waals surface area contributed by atoms with Gasteiger partial charge in [0.1, 0.15) is 0 Å². The molecule has 2 aliphatic rings. The first-order valence-electron chi connectivity index (χ1n) is 6.45. The minimum absolute atomic E-state index is 0.761. The van der Waals surface area contributed by atoms with Crippen molar-refractivity contribution in [2.45, 2.75) is 25.3 Å². The highest BCUT2D eigenvalue weighted by atomic mass is 15.2. The topological polar surface area (TPSA) is 15.3 Å². The van der Waals surface area contributed by atoms with E-state index in [0.29, 0.717) is 0 Å². The Morgan fingerprint density at radius 2 is 1.75 bits per heavy atom. The summed E-state index contributed by atoms with van der Waals surface area (Å²) in [6, 6.07) is 9.70. The summed E-state index contributed by atoms with van der Waals surface area (Å²) in [7, 11) is 0. The van der Waals surface area contributed by atoms with Crippen LogP contribution in [0.2, 0.25) is 0 Å². The molecule has 1 heterocycles. The zero-order valence-corrected chi connectivity index (χ0v) is 9.78. The number of rotatable bonds is 1. The number of nitrogens with one attached hydrogen (secondary N) is 1. The highest BCUT2D eigenvalue weighted by Crippen LogP contribution is 2.25. The van der Waals surface area contributed by atoms with Gasteiger partial charge in [-0.2, -0.15) is 0 Å². The zero-order chi connectivity index (χ0) is 10.8. The van der Waals surface area contributed by atoms with E-state index in [2.05, 4.69) is 34.5 Å². The predicted octanol–water partition coefficient (Wildman–Crippen LogP) is 1.45. The van der Waals surface area contributed by atoms with Crippen LogP contribution in [0.4, 0.5) is 0 Å². The summed E-state index contributed by atoms with van der Waals surface area (Å²) >= 11 is 0. The molecule has 1 aromatic rings. The van der Waals surface area contributed by atoms with Crippen LogP contribution in [0.25, 0.3) is 0 Å². The van der Waals surface area contributed by atoms with Crippen molar-refractivity contribution in [1.82, 2.24) is 10.2 Å². The molecule has 1 aliphatic carbocycles. The van der Waals surface area contributed by atoms with E-state index < -0.39 is 0 Å². The van der Waals surface area contributed by atoms with Gasteiger partial charge in [-0.05, 0) is 43.5 Å². The Bertz CT molecular complexity index is 329. The number of fused-ring (bicyclic) bond motifs is 1. The molecule has 0 unspecified atom stereocenters. The molecule has 16 heavy (non-hydrogen) atoms. The Balaban J connectivity index is 1.70. The largest absolute Gasteiger partial charge is 0.315 e. The number of nitrogens with zero attached hydrogens (tertiary/aromatic N) is 1. The lowest BCUT2D eigenvalue weighted by Crippen LogP contribution is -2.38. The Morgan fingerprint density at radius 3 is 2.50 bits per heavy atom. The summed E-state index contributed by atoms with van der Waals surface area (Å²) in [5.74, 6) is 0. The minimum Gasteiger partial charge on any atom is -0.315 e. The molecule has 1 aromatic carbocycles. The minimum atomic E-state index is 0.761. The van der Waals surface area contributed by atoms with E-state index in [1.54, 1.807) is 11.1 Å². The second kappa shape index (κ2) is 4.56. The predicted molar refractivity (Wildman–Crippen MR) is 66.7 cm³/mol. The van der Waals surface area contributed by atoms with Crippen molar-refractivity contribution in [3.63, 3.8) is 0 Å². The first kappa shape index (κ1) is 10.3. The molecule has 1 aliphatic heterocycles. The van der Waals surface area contributed by atoms with Gasteiger partial charge in [0.05, 0.1) is 0 Å². The molecule has 1 fully saturated rings. The summed E-state index contributed by atoms with van der Waals surface area (Å²) in [5, 5.41) is 3.48. The molecule has 0 spiro atoms. The molecule has 0 amide bonds. The molecule has 86 valence electrons. The first-order chi connectivity index (χ1) is 7.93. The van der Waals surface area contributed by atoms with Gasteiger partial charge in [0, 0.05) is 19.1 Å². The van der Waals surface area contributed by atoms with Gasteiger partial charge in [-0.25, -0.2) is 0 Å². The van der Waals surface area contributed by atoms with Crippen molar-refractivity contribution < 1.29 is 0 Å². The molecule has 0 aromatic heterocycles. The van der Waals surface area contributed by atoms with E-state index >= 15 is 0 Å². The monoisotopic (exact) mass is 216 g/mol. The van der Waals surface area contributed by atoms with Crippen molar-refractivity contribution >= 4 is 0 Å². The summed E-state index contributed by atoms with van der Waals surface area (Å²) in [6.07, 6.45) is 3.82. The van der Waals surface area contributed by atoms with Crippen LogP contribution in [0.15, 0.2) is 24.3 Å². The standard InChI is InChI=1S/C14H20N2/c1-2-5-13-11-14(10-12(13)4-1)16-8-3-6-15-7-9-16/h1-2,4-5,14-15H,3,6-11H2. The van der Waals surface area contributed by atoms with Gasteiger partial charge in [-0.1, -0.05) is 24.3 Å². The quantitative estimate of drug-likeness (QED) is 0.764. The van der Waals surface area contributed by atoms with Crippen LogP contribution in [0.3, 0.4) is 0 Å². The van der Waals surface area contributed by atoms with Crippen molar-refractivity contribution in [2.75, 3.05) is 26.2 Å². The van der Waals surface area contributed by atoms with Gasteiger partial charge in [0.15, 0.2) is 0 Å². The first-order valence-corrected chi connectivity index (χ1v) is 6.45. The van der Waals surface area contributed by atoms with Gasteiger partial charge in [-0.3, -0.25) is 4.90 Å². The average molecular weight is 216 g/mol. The number of benzene rings is 1. The van der Waals surface area contributed by atoms with Crippen LogP contribution in [-0.2, 0) is 12.8 Å². The zero-order valence-electron chi connectivity index (χ0n) is 9.78. The molecule has 0 radical (unpaired) electrons. The second-order valence-electron chi connectivity index (χ2n) is 4.97. The maximum absolute atomic E-state index is 3.48. The van der Waals surface area contributed by atoms with Gasteiger partial charge < -0.3 is 5.32 Å². The van der Waals surface area contributed by atoms with Gasteiger partial charge in [0.25, 0.3) is 0 Å². The Hall–Kier alpha value is -0.860. The van der Waals surface area contributed by atoms with Gasteiger partial charge in [-0.15, -0.1) is 0 Å². The normalized spacial score (nSPS) is 23.0. The van der Waals surface area contributed by atoms with Crippen molar-refractivity contribution in [2.24, 2.45) is 0 Å². The maximum atomic E-state index is 3.48. The molecule has 2 heteroatoms. The number of hydrogen-bond donors (Lipinski definition) is 1. The van der Waals surface area contributed by atoms with Crippen molar-refractivity contribution in [3.05, 3.63) is 35.4 Å². The summed E-state index contributed by atoms with van der Waals surface area (Å²) < 4.78 is 0. The molecule has 0 atom stereocenters. The summed E-state index contributed by atoms with van der Waals surface area (Å²) in [6.45, 7) is 4.84. The third kappa shape index (κ3) is 2.00. The van der Waals surface area contributed by atoms with Crippen LogP contribution >= 0.6 is 0 Å². The SMILES string of the molecule is c1ccc2c(c1)CC(N1CCCNCC1)C2. The van der Waals surface area contributed by atoms with Crippen molar-refractivity contribution in [1.29, 1.82) is 0 Å². The van der Waals surface area contributed by atoms with Gasteiger partial charge >= 0.3 is 0 Å². The van der Waals surface area contributed by atoms with E-state index in [9.17, 15) is 0 Å². The van der Waals surface area contributed by atoms with E-state index in [1.807, 2.05) is 0 Å². The molecule has 1 N–H and O–H groups in total. The second-order valence-corrected chi connectivity index (χ2v) is 4.97. The van der Waals surface area contributed by atoms with E-state index in [-0.39, 0.29) is 0 Å². The lowest BCUT2D eigenvalue weighted by Gasteiger charge is -2.26.